The zero-order chi connectivity index (χ0) is 21.3. The number of nitrogens with zero attached hydrogens (tertiary/aromatic N) is 3. The van der Waals surface area contributed by atoms with Crippen LogP contribution in [0.4, 0.5) is 0 Å². The number of carbonyl (C=O) groups excluding carboxylic acids is 4. The third kappa shape index (κ3) is 4.08. The summed E-state index contributed by atoms with van der Waals surface area (Å²) < 4.78 is 0. The molecule has 1 aromatic rings. The van der Waals surface area contributed by atoms with Crippen LogP contribution in [0.3, 0.4) is 0 Å². The normalized spacial score (nSPS) is 21.8. The Morgan fingerprint density at radius 2 is 1.97 bits per heavy atom. The Balaban J connectivity index is 1.44. The highest BCUT2D eigenvalue weighted by molar-refractivity contribution is 6.05. The Morgan fingerprint density at radius 1 is 1.20 bits per heavy atom. The van der Waals surface area contributed by atoms with Gasteiger partial charge in [-0.05, 0) is 30.7 Å². The molecule has 3 heterocycles. The highest BCUT2D eigenvalue weighted by Crippen LogP contribution is 2.30. The molecule has 3 aliphatic heterocycles. The van der Waals surface area contributed by atoms with Crippen molar-refractivity contribution in [2.24, 2.45) is 0 Å². The van der Waals surface area contributed by atoms with Crippen LogP contribution in [0.2, 0.25) is 0 Å². The molecular weight excluding hydrogens is 386 g/mol. The summed E-state index contributed by atoms with van der Waals surface area (Å²) in [5.74, 6) is -0.779. The fraction of sp³-hybridized carbons (Fsp3) is 0.524. The molecule has 0 radical (unpaired) electrons. The average molecular weight is 413 g/mol. The molecule has 1 unspecified atom stereocenters. The molecule has 0 aromatic heterocycles. The molecule has 3 aliphatic rings. The van der Waals surface area contributed by atoms with E-state index in [2.05, 4.69) is 10.6 Å². The van der Waals surface area contributed by atoms with E-state index in [0.29, 0.717) is 31.6 Å². The van der Waals surface area contributed by atoms with Crippen LogP contribution in [0.15, 0.2) is 18.2 Å². The van der Waals surface area contributed by atoms with Gasteiger partial charge in [0, 0.05) is 51.3 Å². The van der Waals surface area contributed by atoms with E-state index in [1.165, 1.54) is 0 Å². The number of likely N-dealkylation sites (N-methyl/N-ethyl adjacent to an activating group) is 1. The molecule has 4 amide bonds. The summed E-state index contributed by atoms with van der Waals surface area (Å²) in [6.45, 7) is 4.29. The summed E-state index contributed by atoms with van der Waals surface area (Å²) in [5, 5.41) is 5.57. The smallest absolute Gasteiger partial charge is 0.255 e. The molecule has 9 nitrogen and oxygen atoms in total. The van der Waals surface area contributed by atoms with E-state index in [1.54, 1.807) is 11.0 Å². The molecule has 0 saturated carbocycles. The number of nitrogens with one attached hydrogen (secondary N) is 2. The van der Waals surface area contributed by atoms with E-state index < -0.39 is 11.9 Å². The van der Waals surface area contributed by atoms with Crippen molar-refractivity contribution in [2.75, 3.05) is 39.8 Å². The lowest BCUT2D eigenvalue weighted by atomic mass is 10.0. The number of fused-ring (bicyclic) bond motifs is 1. The lowest BCUT2D eigenvalue weighted by molar-refractivity contribution is -0.137. The lowest BCUT2D eigenvalue weighted by Gasteiger charge is -2.30. The standard InChI is InChI=1S/C21H27N5O4/c1-24(13-19(28)25-9-7-22-8-10-25)11-14-3-2-4-15-16(14)12-26(21(15)30)17-5-6-18(27)23-20(17)29/h2-4,17,22H,5-13H2,1H3,(H,23,27,29). The first-order valence-corrected chi connectivity index (χ1v) is 10.4. The molecule has 0 bridgehead atoms. The number of hydrogen-bond acceptors (Lipinski definition) is 6. The number of amides is 4. The van der Waals surface area contributed by atoms with Crippen LogP contribution in [0.25, 0.3) is 0 Å². The largest absolute Gasteiger partial charge is 0.339 e. The maximum absolute atomic E-state index is 12.9. The third-order valence-corrected chi connectivity index (χ3v) is 5.99. The van der Waals surface area contributed by atoms with Crippen LogP contribution < -0.4 is 10.6 Å². The minimum absolute atomic E-state index is 0.104. The van der Waals surface area contributed by atoms with Crippen LogP contribution in [0, 0.1) is 0 Å². The Bertz CT molecular complexity index is 880. The zero-order valence-corrected chi connectivity index (χ0v) is 17.1. The second kappa shape index (κ2) is 8.53. The summed E-state index contributed by atoms with van der Waals surface area (Å²) in [5.41, 5.74) is 2.47. The van der Waals surface area contributed by atoms with Crippen LogP contribution in [-0.2, 0) is 27.5 Å². The van der Waals surface area contributed by atoms with E-state index in [1.807, 2.05) is 29.0 Å². The zero-order valence-electron chi connectivity index (χ0n) is 17.1. The third-order valence-electron chi connectivity index (χ3n) is 5.99. The van der Waals surface area contributed by atoms with E-state index in [9.17, 15) is 19.2 Å². The molecule has 2 N–H and O–H groups in total. The molecule has 4 rings (SSSR count). The van der Waals surface area contributed by atoms with Crippen molar-refractivity contribution < 1.29 is 19.2 Å². The number of carbonyl (C=O) groups is 4. The second-order valence-electron chi connectivity index (χ2n) is 8.15. The predicted octanol–water partition coefficient (Wildman–Crippen LogP) is -0.689. The van der Waals surface area contributed by atoms with Crippen molar-refractivity contribution in [3.8, 4) is 0 Å². The summed E-state index contributed by atoms with van der Waals surface area (Å²) in [4.78, 5) is 54.5. The van der Waals surface area contributed by atoms with Gasteiger partial charge in [-0.2, -0.15) is 0 Å². The first-order valence-electron chi connectivity index (χ1n) is 10.4. The fourth-order valence-corrected chi connectivity index (χ4v) is 4.39. The quantitative estimate of drug-likeness (QED) is 0.620. The van der Waals surface area contributed by atoms with Crippen molar-refractivity contribution in [3.05, 3.63) is 34.9 Å². The molecule has 1 atom stereocenters. The van der Waals surface area contributed by atoms with Crippen LogP contribution in [-0.4, -0.2) is 84.1 Å². The number of benzene rings is 1. The summed E-state index contributed by atoms with van der Waals surface area (Å²) in [7, 11) is 1.90. The van der Waals surface area contributed by atoms with Gasteiger partial charge in [-0.3, -0.25) is 29.4 Å². The molecule has 0 spiro atoms. The summed E-state index contributed by atoms with van der Waals surface area (Å²) in [6.07, 6.45) is 0.582. The first kappa shape index (κ1) is 20.5. The number of piperidine rings is 1. The van der Waals surface area contributed by atoms with Gasteiger partial charge in [0.15, 0.2) is 0 Å². The van der Waals surface area contributed by atoms with Gasteiger partial charge in [0.25, 0.3) is 5.91 Å². The van der Waals surface area contributed by atoms with Crippen LogP contribution in [0.1, 0.15) is 34.3 Å². The maximum Gasteiger partial charge on any atom is 0.255 e. The highest BCUT2D eigenvalue weighted by Gasteiger charge is 2.39. The Morgan fingerprint density at radius 3 is 2.70 bits per heavy atom. The van der Waals surface area contributed by atoms with Gasteiger partial charge in [0.05, 0.1) is 6.54 Å². The van der Waals surface area contributed by atoms with Gasteiger partial charge in [0.1, 0.15) is 6.04 Å². The molecule has 9 heteroatoms. The topological polar surface area (TPSA) is 102 Å². The molecule has 30 heavy (non-hydrogen) atoms. The Kier molecular flexibility index (Phi) is 5.83. The van der Waals surface area contributed by atoms with Gasteiger partial charge < -0.3 is 15.1 Å². The molecule has 0 aliphatic carbocycles. The molecule has 2 fully saturated rings. The summed E-state index contributed by atoms with van der Waals surface area (Å²) >= 11 is 0. The van der Waals surface area contributed by atoms with Crippen molar-refractivity contribution in [1.82, 2.24) is 25.3 Å². The van der Waals surface area contributed by atoms with E-state index in [-0.39, 0.29) is 24.1 Å². The van der Waals surface area contributed by atoms with Crippen molar-refractivity contribution in [1.29, 1.82) is 0 Å². The maximum atomic E-state index is 12.9. The van der Waals surface area contributed by atoms with Crippen molar-refractivity contribution >= 4 is 23.6 Å². The number of rotatable bonds is 5. The minimum atomic E-state index is -0.623. The predicted molar refractivity (Wildman–Crippen MR) is 108 cm³/mol. The van der Waals surface area contributed by atoms with Crippen molar-refractivity contribution in [3.63, 3.8) is 0 Å². The molecule has 160 valence electrons. The van der Waals surface area contributed by atoms with Gasteiger partial charge in [-0.25, -0.2) is 0 Å². The Hall–Kier alpha value is -2.78. The Labute approximate surface area is 175 Å². The second-order valence-corrected chi connectivity index (χ2v) is 8.15. The summed E-state index contributed by atoms with van der Waals surface area (Å²) in [6, 6.07) is 4.96. The number of hydrogen-bond donors (Lipinski definition) is 2. The van der Waals surface area contributed by atoms with E-state index in [0.717, 1.165) is 37.3 Å². The average Bonchev–Trinajstić information content (AvgIpc) is 3.06. The van der Waals surface area contributed by atoms with E-state index in [4.69, 9.17) is 0 Å². The van der Waals surface area contributed by atoms with E-state index >= 15 is 0 Å². The van der Waals surface area contributed by atoms with Crippen LogP contribution in [0.5, 0.6) is 0 Å². The highest BCUT2D eigenvalue weighted by atomic mass is 16.2. The van der Waals surface area contributed by atoms with Crippen molar-refractivity contribution in [2.45, 2.75) is 32.0 Å². The van der Waals surface area contributed by atoms with Gasteiger partial charge >= 0.3 is 0 Å². The molecule has 1 aromatic carbocycles. The van der Waals surface area contributed by atoms with Gasteiger partial charge in [-0.1, -0.05) is 12.1 Å². The fourth-order valence-electron chi connectivity index (χ4n) is 4.39. The SMILES string of the molecule is CN(CC(=O)N1CCNCC1)Cc1cccc2c1CN(C1CCC(=O)NC1=O)C2=O. The monoisotopic (exact) mass is 413 g/mol. The molecular formula is C21H27N5O4. The molecule has 2 saturated heterocycles. The number of imide groups is 1. The van der Waals surface area contributed by atoms with Crippen LogP contribution >= 0.6 is 0 Å². The number of piperazine rings is 1. The lowest BCUT2D eigenvalue weighted by Crippen LogP contribution is -2.52. The first-order chi connectivity index (χ1) is 14.4. The van der Waals surface area contributed by atoms with Gasteiger partial charge in [-0.15, -0.1) is 0 Å². The minimum Gasteiger partial charge on any atom is -0.339 e. The van der Waals surface area contributed by atoms with Gasteiger partial charge in [0.2, 0.25) is 17.7 Å².